The van der Waals surface area contributed by atoms with Crippen LogP contribution < -0.4 is 10.6 Å². The molecule has 0 saturated heterocycles. The van der Waals surface area contributed by atoms with Crippen molar-refractivity contribution in [2.45, 2.75) is 12.1 Å². The highest BCUT2D eigenvalue weighted by molar-refractivity contribution is 5.21. The van der Waals surface area contributed by atoms with Gasteiger partial charge in [0.25, 0.3) is 0 Å². The summed E-state index contributed by atoms with van der Waals surface area (Å²) in [6, 6.07) is 2.95. The molecular weight excluding hydrogens is 136 g/mol. The molecule has 1 aliphatic carbocycles. The van der Waals surface area contributed by atoms with Crippen LogP contribution in [-0.4, -0.2) is 19.1 Å². The molecule has 0 amide bonds. The molecule has 0 heterocycles. The van der Waals surface area contributed by atoms with Gasteiger partial charge in [-0.25, -0.2) is 0 Å². The van der Waals surface area contributed by atoms with Crippen molar-refractivity contribution in [3.8, 4) is 12.5 Å². The summed E-state index contributed by atoms with van der Waals surface area (Å²) in [7, 11) is 1.92. The van der Waals surface area contributed by atoms with E-state index in [1.54, 1.807) is 0 Å². The third-order valence-corrected chi connectivity index (χ3v) is 1.72. The second-order valence-electron chi connectivity index (χ2n) is 2.40. The van der Waals surface area contributed by atoms with Crippen molar-refractivity contribution >= 4 is 0 Å². The van der Waals surface area contributed by atoms with Gasteiger partial charge >= 0.3 is 0 Å². The highest BCUT2D eigenvalue weighted by Gasteiger charge is 2.14. The molecule has 1 rings (SSSR count). The van der Waals surface area contributed by atoms with Crippen LogP contribution in [0.1, 0.15) is 0 Å². The number of rotatable bonds is 2. The van der Waals surface area contributed by atoms with Gasteiger partial charge in [0.1, 0.15) is 0 Å². The molecule has 0 aromatic rings. The van der Waals surface area contributed by atoms with Crippen molar-refractivity contribution in [3.05, 3.63) is 24.3 Å². The number of nitrogens with one attached hydrogen (secondary N) is 2. The second-order valence-corrected chi connectivity index (χ2v) is 2.40. The lowest BCUT2D eigenvalue weighted by Gasteiger charge is -2.22. The van der Waals surface area contributed by atoms with Crippen molar-refractivity contribution in [2.75, 3.05) is 7.05 Å². The minimum absolute atomic E-state index is 0.218. The van der Waals surface area contributed by atoms with Crippen LogP contribution in [0.4, 0.5) is 0 Å². The van der Waals surface area contributed by atoms with E-state index in [1.807, 2.05) is 25.3 Å². The van der Waals surface area contributed by atoms with Gasteiger partial charge in [-0.2, -0.15) is 0 Å². The Morgan fingerprint density at radius 3 is 2.45 bits per heavy atom. The van der Waals surface area contributed by atoms with Gasteiger partial charge in [0.15, 0.2) is 0 Å². The molecule has 0 saturated carbocycles. The summed E-state index contributed by atoms with van der Waals surface area (Å²) in [4.78, 5) is 0. The van der Waals surface area contributed by atoms with Gasteiger partial charge in [0, 0.05) is 12.1 Å². The van der Waals surface area contributed by atoms with Gasteiger partial charge in [-0.1, -0.05) is 30.7 Å². The zero-order valence-corrected chi connectivity index (χ0v) is 6.54. The summed E-state index contributed by atoms with van der Waals surface area (Å²) >= 11 is 0. The first-order valence-corrected chi connectivity index (χ1v) is 3.62. The Bertz CT molecular complexity index is 210. The molecule has 0 fully saturated rings. The van der Waals surface area contributed by atoms with Gasteiger partial charge in [0.2, 0.25) is 0 Å². The summed E-state index contributed by atoms with van der Waals surface area (Å²) in [6.07, 6.45) is 13.2. The van der Waals surface area contributed by atoms with E-state index in [0.717, 1.165) is 0 Å². The first-order valence-electron chi connectivity index (χ1n) is 3.62. The Hall–Kier alpha value is -1.20. The van der Waals surface area contributed by atoms with E-state index in [4.69, 9.17) is 6.42 Å². The molecule has 0 aromatic heterocycles. The number of hydrogen-bond acceptors (Lipinski definition) is 2. The first-order chi connectivity index (χ1) is 5.38. The van der Waals surface area contributed by atoms with Crippen LogP contribution in [0.25, 0.3) is 0 Å². The Morgan fingerprint density at radius 1 is 1.27 bits per heavy atom. The van der Waals surface area contributed by atoms with Gasteiger partial charge in [0.05, 0.1) is 6.04 Å². The van der Waals surface area contributed by atoms with Crippen LogP contribution in [0.15, 0.2) is 24.3 Å². The summed E-state index contributed by atoms with van der Waals surface area (Å²) in [5.74, 6) is 0. The zero-order chi connectivity index (χ0) is 8.10. The van der Waals surface area contributed by atoms with E-state index < -0.39 is 0 Å². The highest BCUT2D eigenvalue weighted by atomic mass is 15.0. The van der Waals surface area contributed by atoms with Crippen LogP contribution in [0, 0.1) is 12.5 Å². The lowest BCUT2D eigenvalue weighted by Crippen LogP contribution is -2.43. The Balaban J connectivity index is 2.57. The number of hydrogen-bond donors (Lipinski definition) is 2. The molecule has 0 aliphatic heterocycles. The minimum Gasteiger partial charge on any atom is -0.337 e. The van der Waals surface area contributed by atoms with E-state index in [9.17, 15) is 0 Å². The molecular formula is C9H12N2. The van der Waals surface area contributed by atoms with Crippen molar-refractivity contribution in [2.24, 2.45) is 0 Å². The van der Waals surface area contributed by atoms with E-state index in [-0.39, 0.29) is 6.04 Å². The maximum Gasteiger partial charge on any atom is 0.0712 e. The normalized spacial score (nSPS) is 28.0. The number of allylic oxidation sites excluding steroid dienone is 2. The predicted molar refractivity (Wildman–Crippen MR) is 46.9 cm³/mol. The zero-order valence-electron chi connectivity index (χ0n) is 6.54. The van der Waals surface area contributed by atoms with Gasteiger partial charge in [-0.3, -0.25) is 0 Å². The topological polar surface area (TPSA) is 24.1 Å². The highest BCUT2D eigenvalue weighted by Crippen LogP contribution is 2.03. The smallest absolute Gasteiger partial charge is 0.0712 e. The third kappa shape index (κ3) is 1.86. The SMILES string of the molecule is C#CNC1C=CC=CC1NC. The van der Waals surface area contributed by atoms with Gasteiger partial charge in [-0.15, -0.1) is 0 Å². The lowest BCUT2D eigenvalue weighted by atomic mass is 10.0. The average molecular weight is 148 g/mol. The van der Waals surface area contributed by atoms with Crippen molar-refractivity contribution in [1.29, 1.82) is 0 Å². The molecule has 2 heteroatoms. The fourth-order valence-electron chi connectivity index (χ4n) is 1.12. The molecule has 58 valence electrons. The maximum atomic E-state index is 5.13. The van der Waals surface area contributed by atoms with Crippen LogP contribution in [-0.2, 0) is 0 Å². The van der Waals surface area contributed by atoms with Crippen LogP contribution in [0.3, 0.4) is 0 Å². The standard InChI is InChI=1S/C9H12N2/c1-3-11-9-7-5-4-6-8(9)10-2/h1,4-11H,2H3. The maximum absolute atomic E-state index is 5.13. The largest absolute Gasteiger partial charge is 0.337 e. The van der Waals surface area contributed by atoms with Crippen molar-refractivity contribution in [3.63, 3.8) is 0 Å². The van der Waals surface area contributed by atoms with E-state index >= 15 is 0 Å². The summed E-state index contributed by atoms with van der Waals surface area (Å²) in [5, 5.41) is 6.06. The van der Waals surface area contributed by atoms with Crippen molar-refractivity contribution in [1.82, 2.24) is 10.6 Å². The van der Waals surface area contributed by atoms with Crippen LogP contribution in [0.2, 0.25) is 0 Å². The Labute approximate surface area is 67.4 Å². The van der Waals surface area contributed by atoms with Crippen molar-refractivity contribution < 1.29 is 0 Å². The third-order valence-electron chi connectivity index (χ3n) is 1.72. The quantitative estimate of drug-likeness (QED) is 0.433. The Morgan fingerprint density at radius 2 is 1.91 bits per heavy atom. The average Bonchev–Trinajstić information content (AvgIpc) is 2.06. The van der Waals surface area contributed by atoms with E-state index in [1.165, 1.54) is 0 Å². The molecule has 0 aromatic carbocycles. The minimum atomic E-state index is 0.218. The second kappa shape index (κ2) is 3.85. The molecule has 2 unspecified atom stereocenters. The van der Waals surface area contributed by atoms with Gasteiger partial charge in [-0.05, 0) is 7.05 Å². The van der Waals surface area contributed by atoms with Crippen LogP contribution in [0.5, 0.6) is 0 Å². The molecule has 11 heavy (non-hydrogen) atoms. The molecule has 0 bridgehead atoms. The summed E-state index contributed by atoms with van der Waals surface area (Å²) in [5.41, 5.74) is 0. The number of terminal acetylenes is 1. The monoisotopic (exact) mass is 148 g/mol. The molecule has 0 spiro atoms. The molecule has 0 radical (unpaired) electrons. The summed E-state index contributed by atoms with van der Waals surface area (Å²) in [6.45, 7) is 0. The lowest BCUT2D eigenvalue weighted by molar-refractivity contribution is 0.552. The summed E-state index contributed by atoms with van der Waals surface area (Å²) < 4.78 is 0. The predicted octanol–water partition coefficient (Wildman–Crippen LogP) is 0.249. The molecule has 1 aliphatic rings. The van der Waals surface area contributed by atoms with Crippen LogP contribution >= 0.6 is 0 Å². The van der Waals surface area contributed by atoms with Gasteiger partial charge < -0.3 is 10.6 Å². The number of likely N-dealkylation sites (N-methyl/N-ethyl adjacent to an activating group) is 1. The first kappa shape index (κ1) is 7.90. The fourth-order valence-corrected chi connectivity index (χ4v) is 1.12. The Kier molecular flexibility index (Phi) is 2.76. The van der Waals surface area contributed by atoms with E-state index in [2.05, 4.69) is 22.8 Å². The molecule has 2 atom stereocenters. The fraction of sp³-hybridized carbons (Fsp3) is 0.333. The molecule has 2 N–H and O–H groups in total. The van der Waals surface area contributed by atoms with E-state index in [0.29, 0.717) is 6.04 Å². The molecule has 2 nitrogen and oxygen atoms in total.